The third kappa shape index (κ3) is 5.13. The molecule has 5 heteroatoms. The molecule has 2 rings (SSSR count). The summed E-state index contributed by atoms with van der Waals surface area (Å²) in [7, 11) is 1.59. The predicted octanol–water partition coefficient (Wildman–Crippen LogP) is 3.32. The number of benzene rings is 2. The molecule has 0 aliphatic heterocycles. The number of aliphatic hydroxyl groups is 1. The van der Waals surface area contributed by atoms with E-state index in [9.17, 15) is 0 Å². The van der Waals surface area contributed by atoms with Gasteiger partial charge >= 0.3 is 0 Å². The topological polar surface area (TPSA) is 50.7 Å². The fraction of sp³-hybridized carbons (Fsp3) is 0.333. The van der Waals surface area contributed by atoms with Crippen LogP contribution >= 0.6 is 11.6 Å². The molecule has 23 heavy (non-hydrogen) atoms. The third-order valence-electron chi connectivity index (χ3n) is 3.41. The van der Waals surface area contributed by atoms with Gasteiger partial charge in [-0.05, 0) is 30.2 Å². The molecule has 0 amide bonds. The largest absolute Gasteiger partial charge is 0.493 e. The number of ether oxygens (including phenoxy) is 2. The summed E-state index contributed by atoms with van der Waals surface area (Å²) in [6, 6.07) is 11.9. The van der Waals surface area contributed by atoms with Gasteiger partial charge in [0.25, 0.3) is 0 Å². The van der Waals surface area contributed by atoms with Crippen molar-refractivity contribution in [3.8, 4) is 11.5 Å². The Kier molecular flexibility index (Phi) is 6.71. The summed E-state index contributed by atoms with van der Waals surface area (Å²) in [5.41, 5.74) is 3.26. The number of hydrogen-bond acceptors (Lipinski definition) is 4. The minimum Gasteiger partial charge on any atom is -0.493 e. The van der Waals surface area contributed by atoms with E-state index in [4.69, 9.17) is 26.2 Å². The lowest BCUT2D eigenvalue weighted by Crippen LogP contribution is -2.17. The molecule has 0 spiro atoms. The van der Waals surface area contributed by atoms with Crippen molar-refractivity contribution in [3.63, 3.8) is 0 Å². The Balaban J connectivity index is 2.09. The fourth-order valence-corrected chi connectivity index (χ4v) is 2.45. The highest BCUT2D eigenvalue weighted by atomic mass is 35.5. The van der Waals surface area contributed by atoms with Crippen LogP contribution in [0.3, 0.4) is 0 Å². The minimum atomic E-state index is 0.0998. The third-order valence-corrected chi connectivity index (χ3v) is 3.69. The van der Waals surface area contributed by atoms with Crippen molar-refractivity contribution in [3.05, 3.63) is 58.1 Å². The van der Waals surface area contributed by atoms with Gasteiger partial charge in [-0.25, -0.2) is 0 Å². The molecular weight excluding hydrogens is 314 g/mol. The van der Waals surface area contributed by atoms with E-state index in [1.54, 1.807) is 7.11 Å². The van der Waals surface area contributed by atoms with Gasteiger partial charge in [0, 0.05) is 13.1 Å². The van der Waals surface area contributed by atoms with Gasteiger partial charge in [0.15, 0.2) is 11.5 Å². The van der Waals surface area contributed by atoms with Gasteiger partial charge in [0.05, 0.1) is 18.7 Å². The van der Waals surface area contributed by atoms with Crippen LogP contribution in [0.1, 0.15) is 16.7 Å². The van der Waals surface area contributed by atoms with Gasteiger partial charge in [-0.3, -0.25) is 0 Å². The van der Waals surface area contributed by atoms with Gasteiger partial charge in [0.1, 0.15) is 6.61 Å². The maximum atomic E-state index is 8.81. The zero-order valence-corrected chi connectivity index (χ0v) is 14.2. The molecule has 0 atom stereocenters. The molecule has 2 aromatic carbocycles. The Bertz CT molecular complexity index is 629. The van der Waals surface area contributed by atoms with Crippen LogP contribution in [0.5, 0.6) is 11.5 Å². The Hall–Kier alpha value is -1.75. The van der Waals surface area contributed by atoms with Crippen molar-refractivity contribution in [2.24, 2.45) is 0 Å². The van der Waals surface area contributed by atoms with Crippen LogP contribution in [-0.4, -0.2) is 25.4 Å². The molecule has 0 heterocycles. The van der Waals surface area contributed by atoms with Crippen molar-refractivity contribution in [1.29, 1.82) is 0 Å². The number of nitrogens with one attached hydrogen (secondary N) is 1. The fourth-order valence-electron chi connectivity index (χ4n) is 2.17. The molecule has 0 fully saturated rings. The average Bonchev–Trinajstić information content (AvgIpc) is 2.55. The average molecular weight is 336 g/mol. The van der Waals surface area contributed by atoms with Crippen LogP contribution in [0, 0.1) is 6.92 Å². The van der Waals surface area contributed by atoms with Crippen LogP contribution in [0.25, 0.3) is 0 Å². The molecule has 0 aromatic heterocycles. The minimum absolute atomic E-state index is 0.0998. The number of methoxy groups -OCH3 is 1. The van der Waals surface area contributed by atoms with E-state index >= 15 is 0 Å². The normalized spacial score (nSPS) is 10.6. The molecule has 2 aromatic rings. The molecule has 4 nitrogen and oxygen atoms in total. The van der Waals surface area contributed by atoms with Crippen molar-refractivity contribution in [2.45, 2.75) is 20.1 Å². The SMILES string of the molecule is COc1cc(CNCCO)cc(Cl)c1OCc1ccc(C)cc1. The summed E-state index contributed by atoms with van der Waals surface area (Å²) >= 11 is 6.34. The van der Waals surface area contributed by atoms with Crippen molar-refractivity contribution < 1.29 is 14.6 Å². The first-order valence-corrected chi connectivity index (χ1v) is 7.88. The standard InChI is InChI=1S/C18H22ClNO3/c1-13-3-5-14(6-4-13)12-23-18-16(19)9-15(10-17(18)22-2)11-20-7-8-21/h3-6,9-10,20-21H,7-8,11-12H2,1-2H3. The van der Waals surface area contributed by atoms with Crippen LogP contribution < -0.4 is 14.8 Å². The van der Waals surface area contributed by atoms with Crippen molar-refractivity contribution in [1.82, 2.24) is 5.32 Å². The predicted molar refractivity (Wildman–Crippen MR) is 92.3 cm³/mol. The first-order chi connectivity index (χ1) is 11.1. The molecule has 0 unspecified atom stereocenters. The summed E-state index contributed by atoms with van der Waals surface area (Å²) in [5, 5.41) is 12.4. The highest BCUT2D eigenvalue weighted by Gasteiger charge is 2.12. The van der Waals surface area contributed by atoms with E-state index in [0.29, 0.717) is 36.2 Å². The summed E-state index contributed by atoms with van der Waals surface area (Å²) in [6.45, 7) is 3.72. The quantitative estimate of drug-likeness (QED) is 0.727. The first kappa shape index (κ1) is 17.6. The number of hydrogen-bond donors (Lipinski definition) is 2. The molecular formula is C18H22ClNO3. The second-order valence-corrected chi connectivity index (χ2v) is 5.69. The van der Waals surface area contributed by atoms with E-state index in [1.165, 1.54) is 5.56 Å². The molecule has 0 bridgehead atoms. The summed E-state index contributed by atoms with van der Waals surface area (Å²) in [5.74, 6) is 1.14. The number of rotatable bonds is 8. The molecule has 124 valence electrons. The zero-order chi connectivity index (χ0) is 16.7. The Morgan fingerprint density at radius 1 is 1.13 bits per heavy atom. The highest BCUT2D eigenvalue weighted by Crippen LogP contribution is 2.37. The molecule has 0 saturated heterocycles. The van der Waals surface area contributed by atoms with Gasteiger partial charge in [-0.15, -0.1) is 0 Å². The monoisotopic (exact) mass is 335 g/mol. The second kappa shape index (κ2) is 8.77. The van der Waals surface area contributed by atoms with E-state index < -0.39 is 0 Å². The van der Waals surface area contributed by atoms with Gasteiger partial charge in [0.2, 0.25) is 0 Å². The lowest BCUT2D eigenvalue weighted by molar-refractivity contribution is 0.284. The first-order valence-electron chi connectivity index (χ1n) is 7.50. The zero-order valence-electron chi connectivity index (χ0n) is 13.4. The van der Waals surface area contributed by atoms with E-state index in [2.05, 4.69) is 5.32 Å². The lowest BCUT2D eigenvalue weighted by Gasteiger charge is -2.14. The smallest absolute Gasteiger partial charge is 0.180 e. The summed E-state index contributed by atoms with van der Waals surface area (Å²) in [6.07, 6.45) is 0. The van der Waals surface area contributed by atoms with Crippen molar-refractivity contribution in [2.75, 3.05) is 20.3 Å². The molecule has 2 N–H and O–H groups in total. The van der Waals surface area contributed by atoms with Crippen LogP contribution in [0.15, 0.2) is 36.4 Å². The maximum absolute atomic E-state index is 8.81. The summed E-state index contributed by atoms with van der Waals surface area (Å²) in [4.78, 5) is 0. The summed E-state index contributed by atoms with van der Waals surface area (Å²) < 4.78 is 11.2. The van der Waals surface area contributed by atoms with Crippen LogP contribution in [0.2, 0.25) is 5.02 Å². The highest BCUT2D eigenvalue weighted by molar-refractivity contribution is 6.32. The number of aliphatic hydroxyl groups excluding tert-OH is 1. The molecule has 0 radical (unpaired) electrons. The van der Waals surface area contributed by atoms with Gasteiger partial charge in [-0.1, -0.05) is 41.4 Å². The Morgan fingerprint density at radius 3 is 2.52 bits per heavy atom. The van der Waals surface area contributed by atoms with E-state index in [0.717, 1.165) is 11.1 Å². The Morgan fingerprint density at radius 2 is 1.87 bits per heavy atom. The second-order valence-electron chi connectivity index (χ2n) is 5.28. The number of halogens is 1. The van der Waals surface area contributed by atoms with Gasteiger partial charge < -0.3 is 19.9 Å². The van der Waals surface area contributed by atoms with Crippen molar-refractivity contribution >= 4 is 11.6 Å². The number of aryl methyl sites for hydroxylation is 1. The van der Waals surface area contributed by atoms with Gasteiger partial charge in [-0.2, -0.15) is 0 Å². The van der Waals surface area contributed by atoms with Crippen LogP contribution in [-0.2, 0) is 13.2 Å². The molecule has 0 saturated carbocycles. The van der Waals surface area contributed by atoms with E-state index in [1.807, 2.05) is 43.3 Å². The molecule has 0 aliphatic carbocycles. The maximum Gasteiger partial charge on any atom is 0.180 e. The van der Waals surface area contributed by atoms with E-state index in [-0.39, 0.29) is 6.61 Å². The van der Waals surface area contributed by atoms with Crippen LogP contribution in [0.4, 0.5) is 0 Å². The molecule has 0 aliphatic rings. The Labute approximate surface area is 142 Å². The lowest BCUT2D eigenvalue weighted by atomic mass is 10.1.